The Balaban J connectivity index is 2.12. The first-order chi connectivity index (χ1) is 27.5. The van der Waals surface area contributed by atoms with Crippen molar-refractivity contribution >= 4 is 11.9 Å². The van der Waals surface area contributed by atoms with Crippen LogP contribution in [0.1, 0.15) is 226 Å². The molecule has 1 fully saturated rings. The monoisotopic (exact) mass is 787 g/mol. The molecular weight excluding hydrogens is 693 g/mol. The first-order valence-electron chi connectivity index (χ1n) is 24.6. The van der Waals surface area contributed by atoms with E-state index in [9.17, 15) is 9.59 Å². The number of allylic oxidation sites excluding steroid dienone is 4. The van der Waals surface area contributed by atoms with Crippen LogP contribution in [0.15, 0.2) is 24.3 Å². The van der Waals surface area contributed by atoms with E-state index in [1.807, 2.05) is 0 Å². The second kappa shape index (κ2) is 41.5. The van der Waals surface area contributed by atoms with Gasteiger partial charge in [-0.15, -0.1) is 0 Å². The molecule has 0 radical (unpaired) electrons. The van der Waals surface area contributed by atoms with Crippen LogP contribution in [0.5, 0.6) is 0 Å². The van der Waals surface area contributed by atoms with Crippen molar-refractivity contribution in [2.45, 2.75) is 226 Å². The van der Waals surface area contributed by atoms with Gasteiger partial charge in [0.2, 0.25) is 0 Å². The highest BCUT2D eigenvalue weighted by Crippen LogP contribution is 2.14. The van der Waals surface area contributed by atoms with E-state index in [1.165, 1.54) is 167 Å². The van der Waals surface area contributed by atoms with Crippen molar-refractivity contribution in [1.82, 2.24) is 9.80 Å². The average molecular weight is 787 g/mol. The van der Waals surface area contributed by atoms with E-state index in [4.69, 9.17) is 9.47 Å². The standard InChI is InChI=1S/C50H94N2O4/c1-4-6-8-10-12-14-16-18-20-22-24-26-28-30-32-38-49(53)55-45-37-44-52(43-36-42-51-40-34-35-41-51)46-48(3)47-56-50(54)39-33-31-29-27-25-23-21-19-17-15-13-11-9-7-5-2/h18-21,48H,4-17,22-47H2,1-3H3/b20-18+,21-19+. The van der Waals surface area contributed by atoms with Crippen LogP contribution in [0, 0.1) is 5.92 Å². The zero-order valence-corrected chi connectivity index (χ0v) is 37.7. The SMILES string of the molecule is CCCCCCCC/C=C/CCCCCCCC(=O)OCCCN(CCCN1CCCC1)CC(C)COC(=O)CCCCCCC/C=C/CCCCCCCC. The van der Waals surface area contributed by atoms with Crippen molar-refractivity contribution in [3.8, 4) is 0 Å². The molecule has 56 heavy (non-hydrogen) atoms. The molecule has 0 aliphatic carbocycles. The summed E-state index contributed by atoms with van der Waals surface area (Å²) in [7, 11) is 0. The van der Waals surface area contributed by atoms with E-state index < -0.39 is 0 Å². The molecule has 6 heteroatoms. The maximum absolute atomic E-state index is 12.5. The van der Waals surface area contributed by atoms with Gasteiger partial charge in [0.1, 0.15) is 0 Å². The highest BCUT2D eigenvalue weighted by atomic mass is 16.5. The Kier molecular flexibility index (Phi) is 38.8. The fraction of sp³-hybridized carbons (Fsp3) is 0.880. The number of unbranched alkanes of at least 4 members (excludes halogenated alkanes) is 22. The van der Waals surface area contributed by atoms with Gasteiger partial charge < -0.3 is 19.3 Å². The maximum Gasteiger partial charge on any atom is 0.305 e. The molecule has 0 amide bonds. The molecule has 6 nitrogen and oxygen atoms in total. The molecule has 1 saturated heterocycles. The van der Waals surface area contributed by atoms with E-state index in [-0.39, 0.29) is 17.9 Å². The quantitative estimate of drug-likeness (QED) is 0.0349. The summed E-state index contributed by atoms with van der Waals surface area (Å²) in [4.78, 5) is 29.9. The lowest BCUT2D eigenvalue weighted by Crippen LogP contribution is -2.35. The number of hydrogen-bond donors (Lipinski definition) is 0. The number of nitrogens with zero attached hydrogens (tertiary/aromatic N) is 2. The van der Waals surface area contributed by atoms with Crippen LogP contribution < -0.4 is 0 Å². The highest BCUT2D eigenvalue weighted by molar-refractivity contribution is 5.69. The fourth-order valence-corrected chi connectivity index (χ4v) is 7.85. The van der Waals surface area contributed by atoms with Gasteiger partial charge in [0.05, 0.1) is 13.2 Å². The second-order valence-corrected chi connectivity index (χ2v) is 17.2. The number of carbonyl (C=O) groups excluding carboxylic acids is 2. The molecule has 0 spiro atoms. The minimum atomic E-state index is -0.0480. The molecular formula is C50H94N2O4. The number of rotatable bonds is 42. The summed E-state index contributed by atoms with van der Waals surface area (Å²) >= 11 is 0. The van der Waals surface area contributed by atoms with Gasteiger partial charge in [0.15, 0.2) is 0 Å². The zero-order valence-electron chi connectivity index (χ0n) is 37.7. The lowest BCUT2D eigenvalue weighted by atomic mass is 10.1. The Labute approximate surface area is 348 Å². The Hall–Kier alpha value is -1.66. The molecule has 1 aliphatic heterocycles. The smallest absolute Gasteiger partial charge is 0.305 e. The third-order valence-corrected chi connectivity index (χ3v) is 11.4. The van der Waals surface area contributed by atoms with E-state index in [1.54, 1.807) is 0 Å². The molecule has 1 unspecified atom stereocenters. The van der Waals surface area contributed by atoms with E-state index in [0.717, 1.165) is 64.7 Å². The summed E-state index contributed by atoms with van der Waals surface area (Å²) in [5, 5.41) is 0. The number of hydrogen-bond acceptors (Lipinski definition) is 6. The van der Waals surface area contributed by atoms with E-state index >= 15 is 0 Å². The Morgan fingerprint density at radius 1 is 0.536 bits per heavy atom. The van der Waals surface area contributed by atoms with Gasteiger partial charge in [-0.3, -0.25) is 9.59 Å². The van der Waals surface area contributed by atoms with Gasteiger partial charge in [-0.1, -0.05) is 148 Å². The third kappa shape index (κ3) is 36.7. The van der Waals surface area contributed by atoms with Crippen molar-refractivity contribution in [3.63, 3.8) is 0 Å². The molecule has 1 rings (SSSR count). The molecule has 0 N–H and O–H groups in total. The van der Waals surface area contributed by atoms with Crippen LogP contribution >= 0.6 is 0 Å². The minimum Gasteiger partial charge on any atom is -0.466 e. The van der Waals surface area contributed by atoms with Gasteiger partial charge >= 0.3 is 11.9 Å². The Morgan fingerprint density at radius 3 is 1.43 bits per heavy atom. The van der Waals surface area contributed by atoms with Crippen molar-refractivity contribution in [1.29, 1.82) is 0 Å². The molecule has 1 aliphatic rings. The maximum atomic E-state index is 12.5. The molecule has 0 saturated carbocycles. The second-order valence-electron chi connectivity index (χ2n) is 17.2. The normalized spacial score (nSPS) is 14.1. The molecule has 0 aromatic heterocycles. The van der Waals surface area contributed by atoms with Crippen LogP contribution in [0.3, 0.4) is 0 Å². The van der Waals surface area contributed by atoms with Gasteiger partial charge in [-0.25, -0.2) is 0 Å². The number of esters is 2. The van der Waals surface area contributed by atoms with Crippen molar-refractivity contribution < 1.29 is 19.1 Å². The van der Waals surface area contributed by atoms with Gasteiger partial charge in [0.25, 0.3) is 0 Å². The molecule has 0 aromatic carbocycles. The van der Waals surface area contributed by atoms with Crippen molar-refractivity contribution in [2.24, 2.45) is 5.92 Å². The fourth-order valence-electron chi connectivity index (χ4n) is 7.85. The number of ether oxygens (including phenoxy) is 2. The first kappa shape index (κ1) is 52.4. The average Bonchev–Trinajstić information content (AvgIpc) is 3.72. The van der Waals surface area contributed by atoms with Crippen molar-refractivity contribution in [2.75, 3.05) is 52.5 Å². The molecule has 0 bridgehead atoms. The lowest BCUT2D eigenvalue weighted by molar-refractivity contribution is -0.145. The van der Waals surface area contributed by atoms with Crippen LogP contribution in [-0.2, 0) is 19.1 Å². The number of likely N-dealkylation sites (tertiary alicyclic amines) is 1. The molecule has 1 atom stereocenters. The predicted molar refractivity (Wildman–Crippen MR) is 241 cm³/mol. The summed E-state index contributed by atoms with van der Waals surface area (Å²) in [5.41, 5.74) is 0. The summed E-state index contributed by atoms with van der Waals surface area (Å²) < 4.78 is 11.3. The first-order valence-corrected chi connectivity index (χ1v) is 24.6. The van der Waals surface area contributed by atoms with Gasteiger partial charge in [-0.2, -0.15) is 0 Å². The van der Waals surface area contributed by atoms with Gasteiger partial charge in [0, 0.05) is 31.8 Å². The van der Waals surface area contributed by atoms with Crippen LogP contribution in [0.2, 0.25) is 0 Å². The van der Waals surface area contributed by atoms with E-state index in [0.29, 0.717) is 26.1 Å². The Morgan fingerprint density at radius 2 is 0.946 bits per heavy atom. The predicted octanol–water partition coefficient (Wildman–Crippen LogP) is 14.0. The molecule has 1 heterocycles. The third-order valence-electron chi connectivity index (χ3n) is 11.4. The lowest BCUT2D eigenvalue weighted by Gasteiger charge is -2.26. The molecule has 328 valence electrons. The van der Waals surface area contributed by atoms with E-state index in [2.05, 4.69) is 54.9 Å². The molecule has 0 aromatic rings. The van der Waals surface area contributed by atoms with Crippen LogP contribution in [0.25, 0.3) is 0 Å². The highest BCUT2D eigenvalue weighted by Gasteiger charge is 2.15. The van der Waals surface area contributed by atoms with Crippen LogP contribution in [-0.4, -0.2) is 74.2 Å². The summed E-state index contributed by atoms with van der Waals surface area (Å²) in [5.74, 6) is 0.187. The number of carbonyl (C=O) groups is 2. The Bertz CT molecular complexity index is 915. The van der Waals surface area contributed by atoms with Crippen molar-refractivity contribution in [3.05, 3.63) is 24.3 Å². The minimum absolute atomic E-state index is 0.0465. The van der Waals surface area contributed by atoms with Gasteiger partial charge in [-0.05, 0) is 116 Å². The summed E-state index contributed by atoms with van der Waals surface area (Å²) in [6.07, 6.45) is 48.0. The summed E-state index contributed by atoms with van der Waals surface area (Å²) in [6, 6.07) is 0. The zero-order chi connectivity index (χ0) is 40.4. The van der Waals surface area contributed by atoms with Crippen LogP contribution in [0.4, 0.5) is 0 Å². The topological polar surface area (TPSA) is 59.1 Å². The largest absolute Gasteiger partial charge is 0.466 e. The summed E-state index contributed by atoms with van der Waals surface area (Å²) in [6.45, 7) is 14.2.